The fourth-order valence-corrected chi connectivity index (χ4v) is 2.37. The first kappa shape index (κ1) is 17.0. The molecule has 0 fully saturated rings. The summed E-state index contributed by atoms with van der Waals surface area (Å²) in [4.78, 5) is 17.8. The van der Waals surface area contributed by atoms with Gasteiger partial charge in [0.2, 0.25) is 0 Å². The number of imidazole rings is 1. The Labute approximate surface area is 136 Å². The summed E-state index contributed by atoms with van der Waals surface area (Å²) in [6.45, 7) is 5.20. The third-order valence-electron chi connectivity index (χ3n) is 3.58. The van der Waals surface area contributed by atoms with Crippen LogP contribution in [0.15, 0.2) is 36.7 Å². The van der Waals surface area contributed by atoms with Crippen LogP contribution in [0.2, 0.25) is 0 Å². The zero-order chi connectivity index (χ0) is 16.8. The van der Waals surface area contributed by atoms with Gasteiger partial charge >= 0.3 is 6.03 Å². The highest BCUT2D eigenvalue weighted by Gasteiger charge is 2.10. The molecule has 1 aromatic heterocycles. The van der Waals surface area contributed by atoms with Crippen molar-refractivity contribution in [3.8, 4) is 0 Å². The van der Waals surface area contributed by atoms with Gasteiger partial charge in [-0.1, -0.05) is 26.0 Å². The summed E-state index contributed by atoms with van der Waals surface area (Å²) in [6, 6.07) is 7.52. The normalized spacial score (nSPS) is 10.8. The van der Waals surface area contributed by atoms with E-state index in [2.05, 4.69) is 28.7 Å². The molecule has 6 nitrogen and oxygen atoms in total. The predicted octanol–water partition coefficient (Wildman–Crippen LogP) is 2.51. The summed E-state index contributed by atoms with van der Waals surface area (Å²) in [5.74, 6) is 1.40. The number of anilines is 1. The number of likely N-dealkylation sites (N-methyl/N-ethyl adjacent to an activating group) is 1. The molecule has 1 heterocycles. The van der Waals surface area contributed by atoms with E-state index in [-0.39, 0.29) is 12.6 Å². The third kappa shape index (κ3) is 4.56. The van der Waals surface area contributed by atoms with Crippen LogP contribution in [0.4, 0.5) is 10.5 Å². The number of aromatic nitrogens is 2. The first-order valence-corrected chi connectivity index (χ1v) is 7.74. The lowest BCUT2D eigenvalue weighted by Gasteiger charge is -2.17. The van der Waals surface area contributed by atoms with Crippen molar-refractivity contribution in [3.05, 3.63) is 48.0 Å². The molecule has 0 aliphatic heterocycles. The van der Waals surface area contributed by atoms with Gasteiger partial charge in [0, 0.05) is 44.1 Å². The number of rotatable bonds is 6. The third-order valence-corrected chi connectivity index (χ3v) is 3.58. The van der Waals surface area contributed by atoms with Crippen LogP contribution in [0.3, 0.4) is 0 Å². The largest absolute Gasteiger partial charge is 0.395 e. The summed E-state index contributed by atoms with van der Waals surface area (Å²) in [7, 11) is 1.65. The Hall–Kier alpha value is -2.34. The van der Waals surface area contributed by atoms with Crippen LogP contribution in [-0.2, 0) is 6.54 Å². The summed E-state index contributed by atoms with van der Waals surface area (Å²) < 4.78 is 2.11. The van der Waals surface area contributed by atoms with Crippen LogP contribution >= 0.6 is 0 Å². The van der Waals surface area contributed by atoms with Crippen LogP contribution in [-0.4, -0.2) is 45.8 Å². The van der Waals surface area contributed by atoms with E-state index in [1.165, 1.54) is 4.90 Å². The zero-order valence-electron chi connectivity index (χ0n) is 13.9. The SMILES string of the molecule is CC(C)c1nccn1Cc1cccc(NC(=O)N(C)CCO)c1. The van der Waals surface area contributed by atoms with Crippen molar-refractivity contribution in [1.82, 2.24) is 14.5 Å². The number of amides is 2. The lowest BCUT2D eigenvalue weighted by molar-refractivity contribution is 0.202. The summed E-state index contributed by atoms with van der Waals surface area (Å²) >= 11 is 0. The molecule has 0 aliphatic rings. The Balaban J connectivity index is 2.08. The molecular weight excluding hydrogens is 292 g/mol. The number of nitrogens with one attached hydrogen (secondary N) is 1. The van der Waals surface area contributed by atoms with Gasteiger partial charge in [0.15, 0.2) is 0 Å². The van der Waals surface area contributed by atoms with Crippen molar-refractivity contribution >= 4 is 11.7 Å². The molecule has 0 saturated carbocycles. The molecule has 0 radical (unpaired) electrons. The van der Waals surface area contributed by atoms with Gasteiger partial charge in [0.25, 0.3) is 0 Å². The van der Waals surface area contributed by atoms with Gasteiger partial charge in [-0.3, -0.25) is 0 Å². The Morgan fingerprint density at radius 3 is 2.91 bits per heavy atom. The highest BCUT2D eigenvalue weighted by molar-refractivity contribution is 5.89. The van der Waals surface area contributed by atoms with Gasteiger partial charge in [-0.2, -0.15) is 0 Å². The molecule has 2 rings (SSSR count). The number of aliphatic hydroxyl groups is 1. The maximum absolute atomic E-state index is 12.0. The van der Waals surface area contributed by atoms with Crippen molar-refractivity contribution in [3.63, 3.8) is 0 Å². The van der Waals surface area contributed by atoms with Gasteiger partial charge in [-0.25, -0.2) is 9.78 Å². The van der Waals surface area contributed by atoms with Gasteiger partial charge < -0.3 is 19.9 Å². The van der Waals surface area contributed by atoms with E-state index in [0.29, 0.717) is 19.0 Å². The average molecular weight is 316 g/mol. The van der Waals surface area contributed by atoms with Crippen molar-refractivity contribution in [2.45, 2.75) is 26.3 Å². The van der Waals surface area contributed by atoms with Crippen LogP contribution < -0.4 is 5.32 Å². The molecule has 2 aromatic rings. The van der Waals surface area contributed by atoms with Gasteiger partial charge in [-0.15, -0.1) is 0 Å². The van der Waals surface area contributed by atoms with E-state index in [9.17, 15) is 4.79 Å². The average Bonchev–Trinajstić information content (AvgIpc) is 2.96. The van der Waals surface area contributed by atoms with Crippen molar-refractivity contribution in [2.24, 2.45) is 0 Å². The van der Waals surface area contributed by atoms with Gasteiger partial charge in [0.1, 0.15) is 5.82 Å². The maximum atomic E-state index is 12.0. The van der Waals surface area contributed by atoms with E-state index in [1.54, 1.807) is 7.05 Å². The van der Waals surface area contributed by atoms with Crippen LogP contribution in [0.5, 0.6) is 0 Å². The molecule has 0 spiro atoms. The summed E-state index contributed by atoms with van der Waals surface area (Å²) in [5, 5.41) is 11.7. The second-order valence-electron chi connectivity index (χ2n) is 5.84. The molecular formula is C17H24N4O2. The predicted molar refractivity (Wildman–Crippen MR) is 90.6 cm³/mol. The van der Waals surface area contributed by atoms with E-state index in [1.807, 2.05) is 36.7 Å². The van der Waals surface area contributed by atoms with Gasteiger partial charge in [-0.05, 0) is 17.7 Å². The molecule has 23 heavy (non-hydrogen) atoms. The number of carbonyl (C=O) groups excluding carboxylic acids is 1. The van der Waals surface area contributed by atoms with Crippen LogP contribution in [0.25, 0.3) is 0 Å². The zero-order valence-corrected chi connectivity index (χ0v) is 13.9. The van der Waals surface area contributed by atoms with E-state index < -0.39 is 0 Å². The van der Waals surface area contributed by atoms with Crippen molar-refractivity contribution in [2.75, 3.05) is 25.5 Å². The standard InChI is InChI=1S/C17H24N4O2/c1-13(2)16-18-7-8-21(16)12-14-5-4-6-15(11-14)19-17(23)20(3)9-10-22/h4-8,11,13,22H,9-10,12H2,1-3H3,(H,19,23). The number of hydrogen-bond acceptors (Lipinski definition) is 3. The Morgan fingerprint density at radius 1 is 1.43 bits per heavy atom. The minimum absolute atomic E-state index is 0.0530. The van der Waals surface area contributed by atoms with Crippen LogP contribution in [0.1, 0.15) is 31.2 Å². The van der Waals surface area contributed by atoms with E-state index >= 15 is 0 Å². The molecule has 0 aliphatic carbocycles. The monoisotopic (exact) mass is 316 g/mol. The van der Waals surface area contributed by atoms with Gasteiger partial charge in [0.05, 0.1) is 6.61 Å². The topological polar surface area (TPSA) is 70.4 Å². The molecule has 0 unspecified atom stereocenters. The second kappa shape index (κ2) is 7.78. The highest BCUT2D eigenvalue weighted by Crippen LogP contribution is 2.16. The summed E-state index contributed by atoms with van der Waals surface area (Å²) in [5.41, 5.74) is 1.83. The smallest absolute Gasteiger partial charge is 0.321 e. The first-order chi connectivity index (χ1) is 11.0. The molecule has 124 valence electrons. The number of urea groups is 1. The minimum Gasteiger partial charge on any atom is -0.395 e. The van der Waals surface area contributed by atoms with E-state index in [0.717, 1.165) is 17.1 Å². The first-order valence-electron chi connectivity index (χ1n) is 7.74. The van der Waals surface area contributed by atoms with Crippen molar-refractivity contribution < 1.29 is 9.90 Å². The molecule has 0 atom stereocenters. The number of carbonyl (C=O) groups is 1. The Kier molecular flexibility index (Phi) is 5.76. The number of hydrogen-bond donors (Lipinski definition) is 2. The maximum Gasteiger partial charge on any atom is 0.321 e. The number of aliphatic hydroxyl groups excluding tert-OH is 1. The van der Waals surface area contributed by atoms with Crippen molar-refractivity contribution in [1.29, 1.82) is 0 Å². The van der Waals surface area contributed by atoms with E-state index in [4.69, 9.17) is 5.11 Å². The minimum atomic E-state index is -0.235. The second-order valence-corrected chi connectivity index (χ2v) is 5.84. The molecule has 0 bridgehead atoms. The molecule has 6 heteroatoms. The molecule has 1 aromatic carbocycles. The Bertz CT molecular complexity index is 652. The Morgan fingerprint density at radius 2 is 2.22 bits per heavy atom. The molecule has 2 N–H and O–H groups in total. The molecule has 0 saturated heterocycles. The number of benzene rings is 1. The molecule has 2 amide bonds. The van der Waals surface area contributed by atoms with Crippen LogP contribution in [0, 0.1) is 0 Å². The fourth-order valence-electron chi connectivity index (χ4n) is 2.37. The lowest BCUT2D eigenvalue weighted by atomic mass is 10.1. The summed E-state index contributed by atoms with van der Waals surface area (Å²) in [6.07, 6.45) is 3.78. The highest BCUT2D eigenvalue weighted by atomic mass is 16.3. The number of nitrogens with zero attached hydrogens (tertiary/aromatic N) is 3. The lowest BCUT2D eigenvalue weighted by Crippen LogP contribution is -2.33. The quantitative estimate of drug-likeness (QED) is 0.860. The fraction of sp³-hybridized carbons (Fsp3) is 0.412.